The number of hydrogen-bond donors (Lipinski definition) is 1. The van der Waals surface area contributed by atoms with Gasteiger partial charge >= 0.3 is 0 Å². The fraction of sp³-hybridized carbons (Fsp3) is 0.211. The van der Waals surface area contributed by atoms with Gasteiger partial charge in [0.25, 0.3) is 0 Å². The maximum absolute atomic E-state index is 10.9. The number of anilines is 2. The van der Waals surface area contributed by atoms with Crippen molar-refractivity contribution in [1.82, 2.24) is 0 Å². The summed E-state index contributed by atoms with van der Waals surface area (Å²) >= 11 is 0. The topological polar surface area (TPSA) is 29.1 Å². The second-order valence-electron chi connectivity index (χ2n) is 5.43. The Bertz CT molecular complexity index is 658. The van der Waals surface area contributed by atoms with Gasteiger partial charge in [-0.05, 0) is 80.3 Å². The molecule has 0 spiro atoms. The van der Waals surface area contributed by atoms with Crippen LogP contribution in [-0.2, 0) is 4.79 Å². The lowest BCUT2D eigenvalue weighted by atomic mass is 10.0. The first kappa shape index (κ1) is 15.0. The number of nitrogens with one attached hydrogen (secondary N) is 1. The van der Waals surface area contributed by atoms with Crippen LogP contribution in [0.5, 0.6) is 0 Å². The van der Waals surface area contributed by atoms with Crippen LogP contribution in [0.15, 0.2) is 42.5 Å². The maximum Gasteiger partial charge on any atom is 0.152 e. The zero-order valence-electron chi connectivity index (χ0n) is 13.0. The van der Waals surface area contributed by atoms with Crippen LogP contribution in [0.3, 0.4) is 0 Å². The first-order valence-corrected chi connectivity index (χ1v) is 7.09. The van der Waals surface area contributed by atoms with Crippen LogP contribution in [-0.4, -0.2) is 5.78 Å². The van der Waals surface area contributed by atoms with Crippen LogP contribution in [0.25, 0.3) is 6.08 Å². The first-order valence-electron chi connectivity index (χ1n) is 7.09. The fourth-order valence-corrected chi connectivity index (χ4v) is 2.17. The summed E-state index contributed by atoms with van der Waals surface area (Å²) in [5.74, 6) is 0.0582. The minimum Gasteiger partial charge on any atom is -0.356 e. The van der Waals surface area contributed by atoms with E-state index in [2.05, 4.69) is 38.2 Å². The maximum atomic E-state index is 10.9. The van der Waals surface area contributed by atoms with Crippen molar-refractivity contribution in [3.63, 3.8) is 0 Å². The predicted octanol–water partition coefficient (Wildman–Crippen LogP) is 4.96. The molecular weight excluding hydrogens is 258 g/mol. The van der Waals surface area contributed by atoms with Gasteiger partial charge in [0.2, 0.25) is 0 Å². The van der Waals surface area contributed by atoms with Gasteiger partial charge < -0.3 is 5.32 Å². The number of rotatable bonds is 4. The number of carbonyl (C=O) groups excluding carboxylic acids is 1. The van der Waals surface area contributed by atoms with Gasteiger partial charge in [-0.3, -0.25) is 4.79 Å². The van der Waals surface area contributed by atoms with E-state index in [1.54, 1.807) is 13.0 Å². The highest BCUT2D eigenvalue weighted by molar-refractivity contribution is 5.91. The number of aryl methyl sites for hydroxylation is 2. The molecule has 1 N–H and O–H groups in total. The van der Waals surface area contributed by atoms with Gasteiger partial charge in [-0.2, -0.15) is 0 Å². The Balaban J connectivity index is 2.15. The molecule has 0 radical (unpaired) electrons. The van der Waals surface area contributed by atoms with Crippen molar-refractivity contribution >= 4 is 23.2 Å². The van der Waals surface area contributed by atoms with E-state index in [-0.39, 0.29) is 5.78 Å². The SMILES string of the molecule is CC(=O)/C=C/c1ccc(Nc2cc(C)c(C)c(C)c2)cc1. The Morgan fingerprint density at radius 3 is 2.05 bits per heavy atom. The van der Waals surface area contributed by atoms with E-state index in [1.807, 2.05) is 30.3 Å². The van der Waals surface area contributed by atoms with E-state index in [4.69, 9.17) is 0 Å². The molecule has 0 atom stereocenters. The van der Waals surface area contributed by atoms with Gasteiger partial charge in [-0.15, -0.1) is 0 Å². The van der Waals surface area contributed by atoms with Crippen molar-refractivity contribution in [2.75, 3.05) is 5.32 Å². The molecule has 0 heterocycles. The minimum absolute atomic E-state index is 0.0582. The second kappa shape index (κ2) is 6.40. The zero-order valence-corrected chi connectivity index (χ0v) is 13.0. The molecule has 0 saturated heterocycles. The molecule has 0 aromatic heterocycles. The van der Waals surface area contributed by atoms with Crippen LogP contribution in [0.4, 0.5) is 11.4 Å². The smallest absolute Gasteiger partial charge is 0.152 e. The Morgan fingerprint density at radius 1 is 0.952 bits per heavy atom. The normalized spacial score (nSPS) is 10.9. The standard InChI is InChI=1S/C19H21NO/c1-13-11-19(12-14(2)16(13)4)20-18-9-7-17(8-10-18)6-5-15(3)21/h5-12,20H,1-4H3/b6-5+. The molecule has 2 rings (SSSR count). The van der Waals surface area contributed by atoms with E-state index in [1.165, 1.54) is 16.7 Å². The van der Waals surface area contributed by atoms with Crippen molar-refractivity contribution in [2.24, 2.45) is 0 Å². The van der Waals surface area contributed by atoms with Crippen molar-refractivity contribution in [1.29, 1.82) is 0 Å². The Kier molecular flexibility index (Phi) is 4.59. The van der Waals surface area contributed by atoms with Gasteiger partial charge in [0.15, 0.2) is 5.78 Å². The van der Waals surface area contributed by atoms with Crippen LogP contribution < -0.4 is 5.32 Å². The summed E-state index contributed by atoms with van der Waals surface area (Å²) < 4.78 is 0. The van der Waals surface area contributed by atoms with Crippen molar-refractivity contribution < 1.29 is 4.79 Å². The third kappa shape index (κ3) is 4.06. The number of allylic oxidation sites excluding steroid dienone is 1. The minimum atomic E-state index is 0.0582. The van der Waals surface area contributed by atoms with Crippen LogP contribution in [0.2, 0.25) is 0 Å². The molecule has 0 bridgehead atoms. The highest BCUT2D eigenvalue weighted by atomic mass is 16.1. The lowest BCUT2D eigenvalue weighted by Crippen LogP contribution is -1.94. The van der Waals surface area contributed by atoms with Crippen LogP contribution in [0, 0.1) is 20.8 Å². The van der Waals surface area contributed by atoms with E-state index >= 15 is 0 Å². The molecule has 2 aromatic rings. The second-order valence-corrected chi connectivity index (χ2v) is 5.43. The van der Waals surface area contributed by atoms with E-state index in [0.717, 1.165) is 16.9 Å². The van der Waals surface area contributed by atoms with Gasteiger partial charge in [0.1, 0.15) is 0 Å². The van der Waals surface area contributed by atoms with Crippen molar-refractivity contribution in [2.45, 2.75) is 27.7 Å². The molecule has 0 aliphatic carbocycles. The van der Waals surface area contributed by atoms with Gasteiger partial charge in [-0.25, -0.2) is 0 Å². The van der Waals surface area contributed by atoms with Crippen LogP contribution >= 0.6 is 0 Å². The highest BCUT2D eigenvalue weighted by Gasteiger charge is 2.01. The summed E-state index contributed by atoms with van der Waals surface area (Å²) in [5, 5.41) is 3.41. The largest absolute Gasteiger partial charge is 0.356 e. The quantitative estimate of drug-likeness (QED) is 0.802. The molecule has 21 heavy (non-hydrogen) atoms. The molecule has 0 amide bonds. The summed E-state index contributed by atoms with van der Waals surface area (Å²) in [6.45, 7) is 7.95. The molecular formula is C19H21NO. The molecule has 108 valence electrons. The van der Waals surface area contributed by atoms with E-state index < -0.39 is 0 Å². The zero-order chi connectivity index (χ0) is 15.4. The van der Waals surface area contributed by atoms with Gasteiger partial charge in [0, 0.05) is 11.4 Å². The summed E-state index contributed by atoms with van der Waals surface area (Å²) in [6.07, 6.45) is 3.40. The lowest BCUT2D eigenvalue weighted by Gasteiger charge is -2.11. The molecule has 0 aliphatic rings. The molecule has 2 heteroatoms. The van der Waals surface area contributed by atoms with Gasteiger partial charge in [0.05, 0.1) is 0 Å². The Morgan fingerprint density at radius 2 is 1.52 bits per heavy atom. The molecule has 2 aromatic carbocycles. The molecule has 2 nitrogen and oxygen atoms in total. The average molecular weight is 279 g/mol. The van der Waals surface area contributed by atoms with Crippen molar-refractivity contribution in [3.8, 4) is 0 Å². The summed E-state index contributed by atoms with van der Waals surface area (Å²) in [5.41, 5.74) is 7.08. The number of hydrogen-bond acceptors (Lipinski definition) is 2. The Hall–Kier alpha value is -2.35. The first-order chi connectivity index (χ1) is 9.95. The lowest BCUT2D eigenvalue weighted by molar-refractivity contribution is -0.112. The van der Waals surface area contributed by atoms with E-state index in [0.29, 0.717) is 0 Å². The highest BCUT2D eigenvalue weighted by Crippen LogP contribution is 2.23. The monoisotopic (exact) mass is 279 g/mol. The van der Waals surface area contributed by atoms with Crippen LogP contribution in [0.1, 0.15) is 29.2 Å². The third-order valence-electron chi connectivity index (χ3n) is 3.64. The molecule has 0 unspecified atom stereocenters. The number of benzene rings is 2. The summed E-state index contributed by atoms with van der Waals surface area (Å²) in [6, 6.07) is 12.3. The summed E-state index contributed by atoms with van der Waals surface area (Å²) in [4.78, 5) is 10.9. The van der Waals surface area contributed by atoms with Gasteiger partial charge in [-0.1, -0.05) is 18.2 Å². The average Bonchev–Trinajstić information content (AvgIpc) is 2.44. The van der Waals surface area contributed by atoms with Crippen molar-refractivity contribution in [3.05, 3.63) is 64.7 Å². The summed E-state index contributed by atoms with van der Waals surface area (Å²) in [7, 11) is 0. The van der Waals surface area contributed by atoms with E-state index in [9.17, 15) is 4.79 Å². The number of ketones is 1. The Labute approximate surface area is 126 Å². The predicted molar refractivity (Wildman–Crippen MR) is 90.1 cm³/mol. The third-order valence-corrected chi connectivity index (χ3v) is 3.64. The molecule has 0 saturated carbocycles. The molecule has 0 fully saturated rings. The number of carbonyl (C=O) groups is 1. The molecule has 0 aliphatic heterocycles. The fourth-order valence-electron chi connectivity index (χ4n) is 2.17.